The van der Waals surface area contributed by atoms with E-state index in [1.807, 2.05) is 11.9 Å². The van der Waals surface area contributed by atoms with Crippen LogP contribution < -0.4 is 9.80 Å². The molecule has 0 N–H and O–H groups in total. The van der Waals surface area contributed by atoms with Crippen LogP contribution in [0.25, 0.3) is 0 Å². The zero-order valence-electron chi connectivity index (χ0n) is 19.5. The van der Waals surface area contributed by atoms with Gasteiger partial charge < -0.3 is 24.2 Å². The number of likely N-dealkylation sites (N-methyl/N-ethyl adjacent to an activating group) is 1. The molecule has 1 heterocycles. The van der Waals surface area contributed by atoms with Gasteiger partial charge in [0.1, 0.15) is 5.60 Å². The molecule has 1 atom stereocenters. The van der Waals surface area contributed by atoms with Crippen LogP contribution in [0.2, 0.25) is 0 Å². The molecule has 1 fully saturated rings. The molecule has 7 nitrogen and oxygen atoms in total. The van der Waals surface area contributed by atoms with Gasteiger partial charge in [-0.1, -0.05) is 0 Å². The van der Waals surface area contributed by atoms with Crippen molar-refractivity contribution in [1.82, 2.24) is 4.90 Å². The highest BCUT2D eigenvalue weighted by molar-refractivity contribution is 6.05. The minimum atomic E-state index is -5.12. The summed E-state index contributed by atoms with van der Waals surface area (Å²) >= 11 is 0. The maximum atomic E-state index is 13.5. The van der Waals surface area contributed by atoms with Crippen molar-refractivity contribution in [3.63, 3.8) is 0 Å². The third kappa shape index (κ3) is 6.83. The zero-order valence-corrected chi connectivity index (χ0v) is 19.5. The third-order valence-corrected chi connectivity index (χ3v) is 5.09. The van der Waals surface area contributed by atoms with E-state index in [1.54, 1.807) is 33.8 Å². The lowest BCUT2D eigenvalue weighted by Crippen LogP contribution is -2.46. The molecule has 32 heavy (non-hydrogen) atoms. The number of benzene rings is 1. The highest BCUT2D eigenvalue weighted by atomic mass is 19.4. The predicted octanol–water partition coefficient (Wildman–Crippen LogP) is 3.32. The summed E-state index contributed by atoms with van der Waals surface area (Å²) in [6.45, 7) is 9.07. The molecule has 2 rings (SSSR count). The number of hydrogen-bond acceptors (Lipinski definition) is 6. The predicted molar refractivity (Wildman–Crippen MR) is 116 cm³/mol. The van der Waals surface area contributed by atoms with Gasteiger partial charge in [-0.25, -0.2) is 4.79 Å². The molecule has 1 saturated heterocycles. The van der Waals surface area contributed by atoms with Crippen molar-refractivity contribution in [3.05, 3.63) is 23.8 Å². The number of rotatable bonds is 6. The number of esters is 1. The standard InChI is InChI=1S/C22H32F3N3O4/c1-15(31-6)14-28(20(30)22(23,24)25)18-13-16(27-11-9-26(5)10-12-27)7-8-17(18)19(29)32-21(2,3)4/h7-8,13,15H,9-12,14H2,1-6H3. The third-order valence-electron chi connectivity index (χ3n) is 5.09. The number of carbonyl (C=O) groups excluding carboxylic acids is 2. The molecule has 0 spiro atoms. The Morgan fingerprint density at radius 2 is 1.72 bits per heavy atom. The van der Waals surface area contributed by atoms with Crippen LogP contribution in [0.15, 0.2) is 18.2 Å². The smallest absolute Gasteiger partial charge is 0.456 e. The lowest BCUT2D eigenvalue weighted by atomic mass is 10.1. The van der Waals surface area contributed by atoms with Gasteiger partial charge in [-0.15, -0.1) is 0 Å². The molecule has 0 bridgehead atoms. The van der Waals surface area contributed by atoms with Crippen molar-refractivity contribution < 1.29 is 32.2 Å². The van der Waals surface area contributed by atoms with Crippen LogP contribution in [0.4, 0.5) is 24.5 Å². The molecule has 1 aromatic carbocycles. The highest BCUT2D eigenvalue weighted by Crippen LogP contribution is 2.32. The maximum Gasteiger partial charge on any atom is 0.471 e. The van der Waals surface area contributed by atoms with E-state index >= 15 is 0 Å². The van der Waals surface area contributed by atoms with Gasteiger partial charge in [0.2, 0.25) is 0 Å². The van der Waals surface area contributed by atoms with Gasteiger partial charge in [0.05, 0.1) is 23.9 Å². The Kier molecular flexibility index (Phi) is 8.17. The second-order valence-electron chi connectivity index (χ2n) is 8.95. The quantitative estimate of drug-likeness (QED) is 0.609. The number of ether oxygens (including phenoxy) is 2. The minimum absolute atomic E-state index is 0.112. The van der Waals surface area contributed by atoms with E-state index in [4.69, 9.17) is 9.47 Å². The Bertz CT molecular complexity index is 816. The van der Waals surface area contributed by atoms with E-state index in [2.05, 4.69) is 4.90 Å². The molecular weight excluding hydrogens is 427 g/mol. The van der Waals surface area contributed by atoms with E-state index in [0.29, 0.717) is 23.7 Å². The van der Waals surface area contributed by atoms with Crippen molar-refractivity contribution >= 4 is 23.3 Å². The fourth-order valence-corrected chi connectivity index (χ4v) is 3.29. The van der Waals surface area contributed by atoms with Crippen molar-refractivity contribution in [2.45, 2.75) is 45.6 Å². The minimum Gasteiger partial charge on any atom is -0.456 e. The van der Waals surface area contributed by atoms with Crippen LogP contribution >= 0.6 is 0 Å². The average molecular weight is 460 g/mol. The van der Waals surface area contributed by atoms with Crippen LogP contribution in [0.5, 0.6) is 0 Å². The summed E-state index contributed by atoms with van der Waals surface area (Å²) in [5, 5.41) is 0. The lowest BCUT2D eigenvalue weighted by Gasteiger charge is -2.35. The van der Waals surface area contributed by atoms with Crippen molar-refractivity contribution in [1.29, 1.82) is 0 Å². The van der Waals surface area contributed by atoms with Crippen molar-refractivity contribution in [3.8, 4) is 0 Å². The first-order chi connectivity index (χ1) is 14.7. The summed E-state index contributed by atoms with van der Waals surface area (Å²) in [5.74, 6) is -2.87. The highest BCUT2D eigenvalue weighted by Gasteiger charge is 2.44. The molecule has 10 heteroatoms. The molecule has 1 unspecified atom stereocenters. The molecule has 0 radical (unpaired) electrons. The molecule has 0 aliphatic carbocycles. The largest absolute Gasteiger partial charge is 0.471 e. The van der Waals surface area contributed by atoms with Gasteiger partial charge in [-0.05, 0) is 52.9 Å². The SMILES string of the molecule is COC(C)CN(C(=O)C(F)(F)F)c1cc(N2CCN(C)CC2)ccc1C(=O)OC(C)(C)C. The molecule has 1 aliphatic rings. The second kappa shape index (κ2) is 10.1. The molecule has 0 aromatic heterocycles. The summed E-state index contributed by atoms with van der Waals surface area (Å²) < 4.78 is 50.9. The van der Waals surface area contributed by atoms with Crippen molar-refractivity contribution in [2.24, 2.45) is 0 Å². The number of nitrogens with zero attached hydrogens (tertiary/aromatic N) is 3. The molecule has 1 amide bonds. The first-order valence-corrected chi connectivity index (χ1v) is 10.5. The number of carbonyl (C=O) groups is 2. The van der Waals surface area contributed by atoms with Gasteiger partial charge in [-0.3, -0.25) is 4.79 Å². The number of anilines is 2. The Hall–Kier alpha value is -2.33. The van der Waals surface area contributed by atoms with Crippen LogP contribution in [0.3, 0.4) is 0 Å². The number of halogens is 3. The topological polar surface area (TPSA) is 62.3 Å². The fraction of sp³-hybridized carbons (Fsp3) is 0.636. The second-order valence-corrected chi connectivity index (χ2v) is 8.95. The van der Waals surface area contributed by atoms with Gasteiger partial charge in [-0.2, -0.15) is 13.2 Å². The molecular formula is C22H32F3N3O4. The first-order valence-electron chi connectivity index (χ1n) is 10.5. The first kappa shape index (κ1) is 25.9. The number of methoxy groups -OCH3 is 1. The zero-order chi connectivity index (χ0) is 24.3. The average Bonchev–Trinajstić information content (AvgIpc) is 2.69. The Morgan fingerprint density at radius 3 is 2.22 bits per heavy atom. The monoisotopic (exact) mass is 459 g/mol. The summed E-state index contributed by atoms with van der Waals surface area (Å²) in [6.07, 6.45) is -5.82. The number of alkyl halides is 3. The van der Waals surface area contributed by atoms with Crippen LogP contribution in [-0.2, 0) is 14.3 Å². The summed E-state index contributed by atoms with van der Waals surface area (Å²) in [4.78, 5) is 30.0. The van der Waals surface area contributed by atoms with Gasteiger partial charge in [0.25, 0.3) is 0 Å². The van der Waals surface area contributed by atoms with Gasteiger partial charge >= 0.3 is 18.1 Å². The molecule has 180 valence electrons. The number of hydrogen-bond donors (Lipinski definition) is 0. The number of piperazine rings is 1. The summed E-state index contributed by atoms with van der Waals surface area (Å²) in [6, 6.07) is 4.55. The van der Waals surface area contributed by atoms with Gasteiger partial charge in [0, 0.05) is 39.0 Å². The van der Waals surface area contributed by atoms with E-state index in [1.165, 1.54) is 19.2 Å². The Morgan fingerprint density at radius 1 is 1.12 bits per heavy atom. The van der Waals surface area contributed by atoms with Crippen LogP contribution in [-0.4, -0.2) is 81.5 Å². The summed E-state index contributed by atoms with van der Waals surface area (Å²) in [5.41, 5.74) is -0.491. The van der Waals surface area contributed by atoms with E-state index in [-0.39, 0.29) is 17.8 Å². The van der Waals surface area contributed by atoms with Crippen molar-refractivity contribution in [2.75, 3.05) is 56.7 Å². The van der Waals surface area contributed by atoms with Gasteiger partial charge in [0.15, 0.2) is 0 Å². The van der Waals surface area contributed by atoms with Crippen LogP contribution in [0, 0.1) is 0 Å². The normalized spacial score (nSPS) is 16.6. The molecule has 1 aromatic rings. The van der Waals surface area contributed by atoms with Crippen LogP contribution in [0.1, 0.15) is 38.1 Å². The molecule has 0 saturated carbocycles. The lowest BCUT2D eigenvalue weighted by molar-refractivity contribution is -0.170. The van der Waals surface area contributed by atoms with E-state index in [0.717, 1.165) is 13.1 Å². The summed E-state index contributed by atoms with van der Waals surface area (Å²) in [7, 11) is 3.33. The van der Waals surface area contributed by atoms with E-state index < -0.39 is 29.8 Å². The fourth-order valence-electron chi connectivity index (χ4n) is 3.29. The number of amides is 1. The molecule has 1 aliphatic heterocycles. The Labute approximate surface area is 187 Å². The Balaban J connectivity index is 2.58. The van der Waals surface area contributed by atoms with E-state index in [9.17, 15) is 22.8 Å². The maximum absolute atomic E-state index is 13.5.